The molecular weight excluding hydrogens is 330 g/mol. The summed E-state index contributed by atoms with van der Waals surface area (Å²) in [5, 5.41) is 9.57. The molecule has 1 saturated heterocycles. The highest BCUT2D eigenvalue weighted by Crippen LogP contribution is 2.27. The monoisotopic (exact) mass is 353 g/mol. The number of piperidine rings is 1. The number of methoxy groups -OCH3 is 1. The number of nitrogens with zero attached hydrogens (tertiary/aromatic N) is 1. The summed E-state index contributed by atoms with van der Waals surface area (Å²) in [6.45, 7) is 0.643. The third kappa shape index (κ3) is 3.63. The predicted molar refractivity (Wildman–Crippen MR) is 99.0 cm³/mol. The molecule has 1 heterocycles. The third-order valence-electron chi connectivity index (χ3n) is 4.85. The Bertz CT molecular complexity index is 802. The molecule has 0 bridgehead atoms. The number of rotatable bonds is 4. The van der Waals surface area contributed by atoms with Gasteiger partial charge in [-0.25, -0.2) is 4.79 Å². The fourth-order valence-electron chi connectivity index (χ4n) is 3.47. The first-order valence-electron chi connectivity index (χ1n) is 8.85. The summed E-state index contributed by atoms with van der Waals surface area (Å²) in [5.74, 6) is -0.491. The number of hydrogen-bond donors (Lipinski definition) is 1. The molecule has 0 spiro atoms. The lowest BCUT2D eigenvalue weighted by atomic mass is 9.96. The average molecular weight is 353 g/mol. The first kappa shape index (κ1) is 18.1. The minimum Gasteiger partial charge on any atom is -0.465 e. The van der Waals surface area contributed by atoms with Gasteiger partial charge in [0.25, 0.3) is 5.91 Å². The molecule has 1 fully saturated rings. The van der Waals surface area contributed by atoms with E-state index in [1.165, 1.54) is 7.11 Å². The molecule has 1 aliphatic rings. The van der Waals surface area contributed by atoms with Crippen LogP contribution < -0.4 is 0 Å². The van der Waals surface area contributed by atoms with E-state index >= 15 is 0 Å². The Morgan fingerprint density at radius 3 is 2.73 bits per heavy atom. The van der Waals surface area contributed by atoms with Gasteiger partial charge in [0.2, 0.25) is 0 Å². The van der Waals surface area contributed by atoms with Crippen molar-refractivity contribution in [3.8, 4) is 11.1 Å². The van der Waals surface area contributed by atoms with Crippen molar-refractivity contribution in [2.24, 2.45) is 0 Å². The highest BCUT2D eigenvalue weighted by molar-refractivity contribution is 5.99. The second-order valence-electron chi connectivity index (χ2n) is 6.45. The van der Waals surface area contributed by atoms with E-state index in [2.05, 4.69) is 0 Å². The Kier molecular flexibility index (Phi) is 5.68. The largest absolute Gasteiger partial charge is 0.465 e. The molecule has 0 aliphatic carbocycles. The maximum absolute atomic E-state index is 13.0. The van der Waals surface area contributed by atoms with E-state index in [1.54, 1.807) is 29.2 Å². The zero-order valence-electron chi connectivity index (χ0n) is 14.9. The summed E-state index contributed by atoms with van der Waals surface area (Å²) in [6, 6.07) is 14.3. The second kappa shape index (κ2) is 8.15. The minimum atomic E-state index is -0.409. The summed E-state index contributed by atoms with van der Waals surface area (Å²) in [5.41, 5.74) is 2.54. The van der Waals surface area contributed by atoms with Gasteiger partial charge in [0.1, 0.15) is 0 Å². The molecule has 1 atom stereocenters. The van der Waals surface area contributed by atoms with Crippen LogP contribution in [0.5, 0.6) is 0 Å². The maximum Gasteiger partial charge on any atom is 0.338 e. The molecule has 5 heteroatoms. The molecule has 2 aromatic carbocycles. The van der Waals surface area contributed by atoms with Gasteiger partial charge in [0, 0.05) is 12.1 Å². The lowest BCUT2D eigenvalue weighted by molar-refractivity contribution is 0.0503. The van der Waals surface area contributed by atoms with Crippen molar-refractivity contribution in [3.63, 3.8) is 0 Å². The maximum atomic E-state index is 13.0. The first-order chi connectivity index (χ1) is 12.7. The number of ether oxygens (including phenoxy) is 1. The van der Waals surface area contributed by atoms with Crippen LogP contribution in [0.15, 0.2) is 48.5 Å². The van der Waals surface area contributed by atoms with E-state index in [4.69, 9.17) is 4.74 Å². The number of amides is 1. The molecule has 136 valence electrons. The highest BCUT2D eigenvalue weighted by Gasteiger charge is 2.27. The number of carbonyl (C=O) groups is 2. The second-order valence-corrected chi connectivity index (χ2v) is 6.45. The summed E-state index contributed by atoms with van der Waals surface area (Å²) in [7, 11) is 1.35. The average Bonchev–Trinajstić information content (AvgIpc) is 2.72. The summed E-state index contributed by atoms with van der Waals surface area (Å²) in [6.07, 6.45) is 2.81. The smallest absolute Gasteiger partial charge is 0.338 e. The fourth-order valence-corrected chi connectivity index (χ4v) is 3.47. The number of benzene rings is 2. The standard InChI is InChI=1S/C21H23NO4/c1-26-21(25)19-11-3-2-10-18(19)15-7-6-8-16(13-15)20(24)22-12-5-4-9-17(22)14-23/h2-3,6-8,10-11,13,17,23H,4-5,9,12,14H2,1H3/t17-/m1/s1. The quantitative estimate of drug-likeness (QED) is 0.858. The van der Waals surface area contributed by atoms with Crippen LogP contribution in [0.25, 0.3) is 11.1 Å². The molecule has 0 radical (unpaired) electrons. The number of aliphatic hydroxyl groups is 1. The summed E-state index contributed by atoms with van der Waals surface area (Å²) >= 11 is 0. The van der Waals surface area contributed by atoms with Crippen LogP contribution in [0.1, 0.15) is 40.0 Å². The first-order valence-corrected chi connectivity index (χ1v) is 8.85. The lowest BCUT2D eigenvalue weighted by Crippen LogP contribution is -2.45. The van der Waals surface area contributed by atoms with Crippen molar-refractivity contribution in [2.45, 2.75) is 25.3 Å². The Hall–Kier alpha value is -2.66. The highest BCUT2D eigenvalue weighted by atomic mass is 16.5. The molecule has 26 heavy (non-hydrogen) atoms. The molecule has 2 aromatic rings. The van der Waals surface area contributed by atoms with Crippen molar-refractivity contribution in [3.05, 3.63) is 59.7 Å². The number of esters is 1. The molecule has 1 N–H and O–H groups in total. The zero-order valence-corrected chi connectivity index (χ0v) is 14.9. The molecule has 3 rings (SSSR count). The van der Waals surface area contributed by atoms with Crippen LogP contribution in [0.4, 0.5) is 0 Å². The molecule has 5 nitrogen and oxygen atoms in total. The van der Waals surface area contributed by atoms with Crippen LogP contribution in [0.3, 0.4) is 0 Å². The van der Waals surface area contributed by atoms with E-state index < -0.39 is 5.97 Å². The van der Waals surface area contributed by atoms with E-state index in [0.717, 1.165) is 30.4 Å². The Labute approximate surface area is 153 Å². The van der Waals surface area contributed by atoms with Gasteiger partial charge in [-0.05, 0) is 48.6 Å². The van der Waals surface area contributed by atoms with Crippen molar-refractivity contribution < 1.29 is 19.4 Å². The number of hydrogen-bond acceptors (Lipinski definition) is 4. The fraction of sp³-hybridized carbons (Fsp3) is 0.333. The van der Waals surface area contributed by atoms with Crippen LogP contribution in [-0.2, 0) is 4.74 Å². The van der Waals surface area contributed by atoms with E-state index in [-0.39, 0.29) is 18.6 Å². The van der Waals surface area contributed by atoms with Crippen molar-refractivity contribution in [2.75, 3.05) is 20.3 Å². The number of likely N-dealkylation sites (tertiary alicyclic amines) is 1. The number of carbonyl (C=O) groups excluding carboxylic acids is 2. The third-order valence-corrected chi connectivity index (χ3v) is 4.85. The van der Waals surface area contributed by atoms with E-state index in [0.29, 0.717) is 17.7 Å². The molecule has 0 unspecified atom stereocenters. The summed E-state index contributed by atoms with van der Waals surface area (Å²) < 4.78 is 4.86. The SMILES string of the molecule is COC(=O)c1ccccc1-c1cccc(C(=O)N2CCCC[C@@H]2CO)c1. The van der Waals surface area contributed by atoms with Crippen molar-refractivity contribution >= 4 is 11.9 Å². The lowest BCUT2D eigenvalue weighted by Gasteiger charge is -2.34. The molecule has 1 amide bonds. The van der Waals surface area contributed by atoms with E-state index in [9.17, 15) is 14.7 Å². The van der Waals surface area contributed by atoms with Crippen LogP contribution in [0.2, 0.25) is 0 Å². The van der Waals surface area contributed by atoms with Crippen LogP contribution >= 0.6 is 0 Å². The van der Waals surface area contributed by atoms with Gasteiger partial charge in [-0.1, -0.05) is 30.3 Å². The van der Waals surface area contributed by atoms with E-state index in [1.807, 2.05) is 24.3 Å². The van der Waals surface area contributed by atoms with Crippen molar-refractivity contribution in [1.29, 1.82) is 0 Å². The van der Waals surface area contributed by atoms with Gasteiger partial charge in [-0.15, -0.1) is 0 Å². The van der Waals surface area contributed by atoms with Crippen molar-refractivity contribution in [1.82, 2.24) is 4.90 Å². The van der Waals surface area contributed by atoms with Gasteiger partial charge in [0.15, 0.2) is 0 Å². The zero-order chi connectivity index (χ0) is 18.5. The van der Waals surface area contributed by atoms with Gasteiger partial charge in [-0.2, -0.15) is 0 Å². The minimum absolute atomic E-state index is 0.0173. The molecular formula is C21H23NO4. The van der Waals surface area contributed by atoms with Gasteiger partial charge in [0.05, 0.1) is 25.3 Å². The molecule has 0 saturated carbocycles. The Morgan fingerprint density at radius 1 is 1.15 bits per heavy atom. The predicted octanol–water partition coefficient (Wildman–Crippen LogP) is 3.13. The number of aliphatic hydroxyl groups excluding tert-OH is 1. The topological polar surface area (TPSA) is 66.8 Å². The molecule has 1 aliphatic heterocycles. The molecule has 0 aromatic heterocycles. The Balaban J connectivity index is 1.94. The normalized spacial score (nSPS) is 17.0. The van der Waals surface area contributed by atoms with Crippen LogP contribution in [-0.4, -0.2) is 48.2 Å². The van der Waals surface area contributed by atoms with Gasteiger partial charge < -0.3 is 14.7 Å². The van der Waals surface area contributed by atoms with Gasteiger partial charge in [-0.3, -0.25) is 4.79 Å². The van der Waals surface area contributed by atoms with Gasteiger partial charge >= 0.3 is 5.97 Å². The summed E-state index contributed by atoms with van der Waals surface area (Å²) in [4.78, 5) is 26.7. The van der Waals surface area contributed by atoms with Crippen LogP contribution in [0, 0.1) is 0 Å². The Morgan fingerprint density at radius 2 is 1.96 bits per heavy atom.